The van der Waals surface area contributed by atoms with E-state index in [1.54, 1.807) is 0 Å². The summed E-state index contributed by atoms with van der Waals surface area (Å²) in [6.07, 6.45) is 0. The van der Waals surface area contributed by atoms with Crippen molar-refractivity contribution in [3.05, 3.63) is 35.2 Å². The Kier molecular flexibility index (Phi) is 3.98. The number of hydrogen-bond donors (Lipinski definition) is 0. The minimum absolute atomic E-state index is 0.248. The maximum Gasteiger partial charge on any atom is 0.318 e. The van der Waals surface area contributed by atoms with Crippen molar-refractivity contribution >= 4 is 34.9 Å². The second-order valence-corrected chi connectivity index (χ2v) is 5.27. The van der Waals surface area contributed by atoms with Crippen molar-refractivity contribution in [1.29, 1.82) is 0 Å². The number of hydrogen-bond acceptors (Lipinski definition) is 5. The van der Waals surface area contributed by atoms with Gasteiger partial charge in [0.05, 0.1) is 0 Å². The van der Waals surface area contributed by atoms with Crippen LogP contribution in [0, 0.1) is 0 Å². The van der Waals surface area contributed by atoms with E-state index >= 15 is 0 Å². The van der Waals surface area contributed by atoms with Crippen LogP contribution in [0.2, 0.25) is 5.02 Å². The Morgan fingerprint density at radius 1 is 1.00 bits per heavy atom. The molecular weight excluding hydrogens is 299 g/mol. The standard InChI is InChI=1S/C13H14Cl2N4O/c14-9-12-16-17-13(20-12)19-7-5-18(6-8-19)11-3-1-10(15)2-4-11/h1-4H,5-9H2. The summed E-state index contributed by atoms with van der Waals surface area (Å²) in [5.74, 6) is 0.708. The fraction of sp³-hybridized carbons (Fsp3) is 0.385. The van der Waals surface area contributed by atoms with Crippen LogP contribution in [0.4, 0.5) is 11.7 Å². The zero-order chi connectivity index (χ0) is 13.9. The van der Waals surface area contributed by atoms with Crippen LogP contribution in [0.3, 0.4) is 0 Å². The molecule has 1 saturated heterocycles. The summed E-state index contributed by atoms with van der Waals surface area (Å²) >= 11 is 11.6. The normalized spacial score (nSPS) is 15.7. The molecule has 1 fully saturated rings. The van der Waals surface area contributed by atoms with Gasteiger partial charge in [-0.05, 0) is 24.3 Å². The highest BCUT2D eigenvalue weighted by Gasteiger charge is 2.21. The summed E-state index contributed by atoms with van der Waals surface area (Å²) in [6, 6.07) is 8.45. The fourth-order valence-electron chi connectivity index (χ4n) is 2.23. The SMILES string of the molecule is ClCc1nnc(N2CCN(c3ccc(Cl)cc3)CC2)o1. The van der Waals surface area contributed by atoms with Crippen molar-refractivity contribution in [2.75, 3.05) is 36.0 Å². The number of halogens is 2. The summed E-state index contributed by atoms with van der Waals surface area (Å²) in [5, 5.41) is 8.64. The second kappa shape index (κ2) is 5.89. The lowest BCUT2D eigenvalue weighted by Crippen LogP contribution is -2.46. The van der Waals surface area contributed by atoms with Crippen molar-refractivity contribution in [3.63, 3.8) is 0 Å². The monoisotopic (exact) mass is 312 g/mol. The van der Waals surface area contributed by atoms with Gasteiger partial charge in [-0.15, -0.1) is 16.7 Å². The minimum atomic E-state index is 0.248. The molecule has 7 heteroatoms. The van der Waals surface area contributed by atoms with E-state index in [0.29, 0.717) is 11.9 Å². The van der Waals surface area contributed by atoms with E-state index in [1.807, 2.05) is 24.3 Å². The van der Waals surface area contributed by atoms with Crippen molar-refractivity contribution in [3.8, 4) is 0 Å². The van der Waals surface area contributed by atoms with Crippen molar-refractivity contribution in [2.45, 2.75) is 5.88 Å². The Morgan fingerprint density at radius 2 is 1.65 bits per heavy atom. The first-order valence-corrected chi connectivity index (χ1v) is 7.31. The summed E-state index contributed by atoms with van der Waals surface area (Å²) < 4.78 is 5.46. The quantitative estimate of drug-likeness (QED) is 0.815. The lowest BCUT2D eigenvalue weighted by Gasteiger charge is -2.35. The van der Waals surface area contributed by atoms with Gasteiger partial charge in [0.15, 0.2) is 0 Å². The second-order valence-electron chi connectivity index (χ2n) is 4.56. The molecule has 0 amide bonds. The van der Waals surface area contributed by atoms with Crippen LogP contribution in [0.1, 0.15) is 5.89 Å². The zero-order valence-corrected chi connectivity index (χ0v) is 12.3. The van der Waals surface area contributed by atoms with Gasteiger partial charge in [-0.3, -0.25) is 0 Å². The molecular formula is C13H14Cl2N4O. The number of aromatic nitrogens is 2. The van der Waals surface area contributed by atoms with Gasteiger partial charge in [0.2, 0.25) is 5.89 Å². The lowest BCUT2D eigenvalue weighted by atomic mass is 10.2. The average Bonchev–Trinajstić information content (AvgIpc) is 2.97. The van der Waals surface area contributed by atoms with E-state index in [-0.39, 0.29) is 5.88 Å². The molecule has 0 bridgehead atoms. The first kappa shape index (κ1) is 13.5. The third-order valence-electron chi connectivity index (χ3n) is 3.31. The number of rotatable bonds is 3. The topological polar surface area (TPSA) is 45.4 Å². The molecule has 106 valence electrons. The molecule has 1 aromatic heterocycles. The molecule has 5 nitrogen and oxygen atoms in total. The van der Waals surface area contributed by atoms with E-state index < -0.39 is 0 Å². The number of alkyl halides is 1. The van der Waals surface area contributed by atoms with Crippen molar-refractivity contribution in [2.24, 2.45) is 0 Å². The van der Waals surface area contributed by atoms with Crippen LogP contribution in [-0.2, 0) is 5.88 Å². The van der Waals surface area contributed by atoms with E-state index in [4.69, 9.17) is 27.6 Å². The molecule has 0 saturated carbocycles. The van der Waals surface area contributed by atoms with Crippen LogP contribution in [0.5, 0.6) is 0 Å². The summed E-state index contributed by atoms with van der Waals surface area (Å²) in [5.41, 5.74) is 1.18. The summed E-state index contributed by atoms with van der Waals surface area (Å²) in [4.78, 5) is 4.39. The van der Waals surface area contributed by atoms with Crippen LogP contribution < -0.4 is 9.80 Å². The first-order chi connectivity index (χ1) is 9.76. The molecule has 1 aromatic carbocycles. The van der Waals surface area contributed by atoms with E-state index in [0.717, 1.165) is 31.2 Å². The van der Waals surface area contributed by atoms with Gasteiger partial charge in [-0.1, -0.05) is 16.7 Å². The Balaban J connectivity index is 1.63. The highest BCUT2D eigenvalue weighted by molar-refractivity contribution is 6.30. The van der Waals surface area contributed by atoms with Gasteiger partial charge in [-0.2, -0.15) is 0 Å². The molecule has 0 atom stereocenters. The van der Waals surface area contributed by atoms with Crippen molar-refractivity contribution < 1.29 is 4.42 Å². The molecule has 1 aliphatic rings. The molecule has 3 rings (SSSR count). The van der Waals surface area contributed by atoms with Gasteiger partial charge in [-0.25, -0.2) is 0 Å². The molecule has 2 heterocycles. The highest BCUT2D eigenvalue weighted by Crippen LogP contribution is 2.21. The molecule has 0 N–H and O–H groups in total. The first-order valence-electron chi connectivity index (χ1n) is 6.40. The van der Waals surface area contributed by atoms with Gasteiger partial charge in [0.25, 0.3) is 0 Å². The minimum Gasteiger partial charge on any atom is -0.407 e. The average molecular weight is 313 g/mol. The fourth-order valence-corrected chi connectivity index (χ4v) is 2.47. The van der Waals surface area contributed by atoms with Crippen LogP contribution >= 0.6 is 23.2 Å². The third-order valence-corrected chi connectivity index (χ3v) is 3.79. The third kappa shape index (κ3) is 2.83. The Hall–Kier alpha value is -1.46. The molecule has 0 unspecified atom stereocenters. The van der Waals surface area contributed by atoms with E-state index in [2.05, 4.69) is 20.0 Å². The number of benzene rings is 1. The van der Waals surface area contributed by atoms with Crippen LogP contribution in [-0.4, -0.2) is 36.4 Å². The molecule has 0 radical (unpaired) electrons. The Morgan fingerprint density at radius 3 is 2.25 bits per heavy atom. The highest BCUT2D eigenvalue weighted by atomic mass is 35.5. The Bertz CT molecular complexity index is 564. The maximum atomic E-state index is 5.90. The number of piperazine rings is 1. The lowest BCUT2D eigenvalue weighted by molar-refractivity contribution is 0.488. The molecule has 0 spiro atoms. The number of nitrogens with zero attached hydrogens (tertiary/aromatic N) is 4. The number of anilines is 2. The van der Waals surface area contributed by atoms with E-state index in [9.17, 15) is 0 Å². The predicted octanol–water partition coefficient (Wildman–Crippen LogP) is 2.79. The van der Waals surface area contributed by atoms with Crippen LogP contribution in [0.15, 0.2) is 28.7 Å². The predicted molar refractivity (Wildman–Crippen MR) is 79.7 cm³/mol. The maximum absolute atomic E-state index is 5.90. The van der Waals surface area contributed by atoms with Crippen LogP contribution in [0.25, 0.3) is 0 Å². The van der Waals surface area contributed by atoms with Crippen molar-refractivity contribution in [1.82, 2.24) is 10.2 Å². The van der Waals surface area contributed by atoms with Gasteiger partial charge in [0.1, 0.15) is 5.88 Å². The largest absolute Gasteiger partial charge is 0.407 e. The summed E-state index contributed by atoms with van der Waals surface area (Å²) in [7, 11) is 0. The summed E-state index contributed by atoms with van der Waals surface area (Å²) in [6.45, 7) is 3.49. The zero-order valence-electron chi connectivity index (χ0n) is 10.8. The molecule has 1 aliphatic heterocycles. The Labute approximate surface area is 127 Å². The van der Waals surface area contributed by atoms with Gasteiger partial charge in [0, 0.05) is 36.9 Å². The van der Waals surface area contributed by atoms with Gasteiger partial charge >= 0.3 is 6.01 Å². The van der Waals surface area contributed by atoms with Gasteiger partial charge < -0.3 is 14.2 Å². The molecule has 20 heavy (non-hydrogen) atoms. The smallest absolute Gasteiger partial charge is 0.318 e. The molecule has 0 aliphatic carbocycles. The van der Waals surface area contributed by atoms with E-state index in [1.165, 1.54) is 5.69 Å². The molecule has 2 aromatic rings.